The summed E-state index contributed by atoms with van der Waals surface area (Å²) in [7, 11) is 2.11. The van der Waals surface area contributed by atoms with Gasteiger partial charge in [0.2, 0.25) is 5.91 Å². The van der Waals surface area contributed by atoms with Crippen LogP contribution in [0.5, 0.6) is 0 Å². The van der Waals surface area contributed by atoms with E-state index < -0.39 is 0 Å². The summed E-state index contributed by atoms with van der Waals surface area (Å²) in [5.74, 6) is -0.175. The van der Waals surface area contributed by atoms with Crippen molar-refractivity contribution >= 4 is 5.91 Å². The SMILES string of the molecule is CC(C(=O)NCC1CCCN1C)C(N)c1ccccc1. The monoisotopic (exact) mass is 275 g/mol. The minimum Gasteiger partial charge on any atom is -0.354 e. The number of likely N-dealkylation sites (tertiary alicyclic amines) is 1. The molecule has 1 aromatic carbocycles. The Morgan fingerprint density at radius 1 is 1.45 bits per heavy atom. The summed E-state index contributed by atoms with van der Waals surface area (Å²) in [4.78, 5) is 14.5. The molecular formula is C16H25N3O. The van der Waals surface area contributed by atoms with Crippen molar-refractivity contribution in [3.63, 3.8) is 0 Å². The minimum atomic E-state index is -0.252. The summed E-state index contributed by atoms with van der Waals surface area (Å²) in [6.07, 6.45) is 2.38. The van der Waals surface area contributed by atoms with Crippen LogP contribution in [0.4, 0.5) is 0 Å². The van der Waals surface area contributed by atoms with Crippen LogP contribution in [0, 0.1) is 5.92 Å². The van der Waals surface area contributed by atoms with Gasteiger partial charge < -0.3 is 16.0 Å². The van der Waals surface area contributed by atoms with Crippen LogP contribution >= 0.6 is 0 Å². The number of carbonyl (C=O) groups excluding carboxylic acids is 1. The van der Waals surface area contributed by atoms with Gasteiger partial charge in [-0.15, -0.1) is 0 Å². The normalized spacial score (nSPS) is 22.4. The van der Waals surface area contributed by atoms with Crippen LogP contribution in [0.2, 0.25) is 0 Å². The molecule has 0 saturated carbocycles. The maximum atomic E-state index is 12.2. The highest BCUT2D eigenvalue weighted by atomic mass is 16.1. The van der Waals surface area contributed by atoms with E-state index >= 15 is 0 Å². The first-order valence-corrected chi connectivity index (χ1v) is 7.38. The summed E-state index contributed by atoms with van der Waals surface area (Å²) < 4.78 is 0. The van der Waals surface area contributed by atoms with Gasteiger partial charge in [0.25, 0.3) is 0 Å². The van der Waals surface area contributed by atoms with Gasteiger partial charge in [-0.1, -0.05) is 37.3 Å². The lowest BCUT2D eigenvalue weighted by Gasteiger charge is -2.23. The van der Waals surface area contributed by atoms with E-state index in [1.165, 1.54) is 6.42 Å². The fourth-order valence-electron chi connectivity index (χ4n) is 2.74. The van der Waals surface area contributed by atoms with E-state index in [-0.39, 0.29) is 17.9 Å². The number of hydrogen-bond donors (Lipinski definition) is 2. The summed E-state index contributed by atoms with van der Waals surface area (Å²) in [5, 5.41) is 3.04. The summed E-state index contributed by atoms with van der Waals surface area (Å²) in [6, 6.07) is 10.0. The zero-order valence-electron chi connectivity index (χ0n) is 12.4. The second-order valence-electron chi connectivity index (χ2n) is 5.75. The van der Waals surface area contributed by atoms with E-state index in [9.17, 15) is 4.79 Å². The molecule has 3 N–H and O–H groups in total. The fraction of sp³-hybridized carbons (Fsp3) is 0.562. The molecule has 2 rings (SSSR count). The maximum Gasteiger partial charge on any atom is 0.224 e. The van der Waals surface area contributed by atoms with Gasteiger partial charge in [0.05, 0.1) is 5.92 Å². The highest BCUT2D eigenvalue weighted by Crippen LogP contribution is 2.19. The Labute approximate surface area is 121 Å². The molecular weight excluding hydrogens is 250 g/mol. The molecule has 1 aliphatic heterocycles. The number of nitrogens with zero attached hydrogens (tertiary/aromatic N) is 1. The second-order valence-corrected chi connectivity index (χ2v) is 5.75. The van der Waals surface area contributed by atoms with Crippen molar-refractivity contribution in [1.82, 2.24) is 10.2 Å². The molecule has 110 valence electrons. The van der Waals surface area contributed by atoms with Crippen LogP contribution in [0.3, 0.4) is 0 Å². The molecule has 1 saturated heterocycles. The van der Waals surface area contributed by atoms with Crippen molar-refractivity contribution in [2.24, 2.45) is 11.7 Å². The molecule has 1 heterocycles. The molecule has 3 atom stereocenters. The number of carbonyl (C=O) groups is 1. The topological polar surface area (TPSA) is 58.4 Å². The van der Waals surface area contributed by atoms with Gasteiger partial charge in [-0.2, -0.15) is 0 Å². The Bertz CT molecular complexity index is 435. The number of nitrogens with two attached hydrogens (primary N) is 1. The summed E-state index contributed by atoms with van der Waals surface area (Å²) in [6.45, 7) is 3.74. The number of amides is 1. The van der Waals surface area contributed by atoms with E-state index in [0.717, 1.165) is 25.1 Å². The Balaban J connectivity index is 1.85. The molecule has 1 aliphatic rings. The number of rotatable bonds is 5. The third kappa shape index (κ3) is 3.58. The first-order valence-electron chi connectivity index (χ1n) is 7.38. The molecule has 1 aromatic rings. The maximum absolute atomic E-state index is 12.2. The van der Waals surface area contributed by atoms with Crippen molar-refractivity contribution in [3.05, 3.63) is 35.9 Å². The van der Waals surface area contributed by atoms with Gasteiger partial charge in [-0.25, -0.2) is 0 Å². The quantitative estimate of drug-likeness (QED) is 0.857. The van der Waals surface area contributed by atoms with Crippen LogP contribution < -0.4 is 11.1 Å². The van der Waals surface area contributed by atoms with Crippen molar-refractivity contribution < 1.29 is 4.79 Å². The lowest BCUT2D eigenvalue weighted by atomic mass is 9.94. The highest BCUT2D eigenvalue weighted by Gasteiger charge is 2.25. The first-order chi connectivity index (χ1) is 9.59. The number of likely N-dealkylation sites (N-methyl/N-ethyl adjacent to an activating group) is 1. The molecule has 1 amide bonds. The van der Waals surface area contributed by atoms with Crippen LogP contribution in [0.25, 0.3) is 0 Å². The van der Waals surface area contributed by atoms with Crippen molar-refractivity contribution in [2.75, 3.05) is 20.1 Å². The molecule has 0 aliphatic carbocycles. The van der Waals surface area contributed by atoms with E-state index in [1.54, 1.807) is 0 Å². The Hall–Kier alpha value is -1.39. The number of hydrogen-bond acceptors (Lipinski definition) is 3. The Kier molecular flexibility index (Phi) is 5.15. The smallest absolute Gasteiger partial charge is 0.224 e. The Morgan fingerprint density at radius 3 is 2.75 bits per heavy atom. The Morgan fingerprint density at radius 2 is 2.15 bits per heavy atom. The third-order valence-electron chi connectivity index (χ3n) is 4.32. The van der Waals surface area contributed by atoms with E-state index in [1.807, 2.05) is 37.3 Å². The molecule has 20 heavy (non-hydrogen) atoms. The van der Waals surface area contributed by atoms with Crippen molar-refractivity contribution in [3.8, 4) is 0 Å². The van der Waals surface area contributed by atoms with E-state index in [0.29, 0.717) is 6.04 Å². The van der Waals surface area contributed by atoms with Crippen LogP contribution in [-0.4, -0.2) is 37.0 Å². The molecule has 0 aromatic heterocycles. The number of benzene rings is 1. The van der Waals surface area contributed by atoms with Crippen LogP contribution in [-0.2, 0) is 4.79 Å². The lowest BCUT2D eigenvalue weighted by molar-refractivity contribution is -0.125. The summed E-state index contributed by atoms with van der Waals surface area (Å²) in [5.41, 5.74) is 7.19. The summed E-state index contributed by atoms with van der Waals surface area (Å²) >= 11 is 0. The molecule has 1 fully saturated rings. The average Bonchev–Trinajstić information content (AvgIpc) is 2.89. The van der Waals surface area contributed by atoms with Crippen LogP contribution in [0.1, 0.15) is 31.4 Å². The fourth-order valence-corrected chi connectivity index (χ4v) is 2.74. The van der Waals surface area contributed by atoms with Gasteiger partial charge >= 0.3 is 0 Å². The predicted molar refractivity (Wildman–Crippen MR) is 81.2 cm³/mol. The van der Waals surface area contributed by atoms with Gasteiger partial charge in [0.1, 0.15) is 0 Å². The van der Waals surface area contributed by atoms with Crippen LogP contribution in [0.15, 0.2) is 30.3 Å². The van der Waals surface area contributed by atoms with Gasteiger partial charge in [-0.05, 0) is 32.0 Å². The van der Waals surface area contributed by atoms with Gasteiger partial charge in [0, 0.05) is 18.6 Å². The second kappa shape index (κ2) is 6.86. The third-order valence-corrected chi connectivity index (χ3v) is 4.32. The zero-order chi connectivity index (χ0) is 14.5. The average molecular weight is 275 g/mol. The van der Waals surface area contributed by atoms with E-state index in [2.05, 4.69) is 17.3 Å². The standard InChI is InChI=1S/C16H25N3O/c1-12(15(17)13-7-4-3-5-8-13)16(20)18-11-14-9-6-10-19(14)2/h3-5,7-8,12,14-15H,6,9-11,17H2,1-2H3,(H,18,20). The molecule has 0 spiro atoms. The predicted octanol–water partition coefficient (Wildman–Crippen LogP) is 1.53. The molecule has 4 nitrogen and oxygen atoms in total. The molecule has 0 radical (unpaired) electrons. The number of nitrogens with one attached hydrogen (secondary N) is 1. The van der Waals surface area contributed by atoms with Gasteiger partial charge in [-0.3, -0.25) is 4.79 Å². The van der Waals surface area contributed by atoms with E-state index in [4.69, 9.17) is 5.73 Å². The van der Waals surface area contributed by atoms with Crippen molar-refractivity contribution in [1.29, 1.82) is 0 Å². The molecule has 4 heteroatoms. The van der Waals surface area contributed by atoms with Crippen molar-refractivity contribution in [2.45, 2.75) is 31.8 Å². The largest absolute Gasteiger partial charge is 0.354 e. The molecule has 3 unspecified atom stereocenters. The first kappa shape index (κ1) is 15.0. The molecule has 0 bridgehead atoms. The zero-order valence-corrected chi connectivity index (χ0v) is 12.4. The van der Waals surface area contributed by atoms with Gasteiger partial charge in [0.15, 0.2) is 0 Å². The lowest BCUT2D eigenvalue weighted by Crippen LogP contribution is -2.42. The highest BCUT2D eigenvalue weighted by molar-refractivity contribution is 5.79. The minimum absolute atomic E-state index is 0.0432.